The fourth-order valence-electron chi connectivity index (χ4n) is 2.03. The van der Waals surface area contributed by atoms with Crippen molar-refractivity contribution in [2.45, 2.75) is 58.8 Å². The summed E-state index contributed by atoms with van der Waals surface area (Å²) >= 11 is 0. The minimum atomic E-state index is 0.246. The third-order valence-electron chi connectivity index (χ3n) is 3.32. The van der Waals surface area contributed by atoms with Crippen LogP contribution in [0, 0.1) is 6.92 Å². The average molecular weight is 258 g/mol. The number of hydrogen-bond acceptors (Lipinski definition) is 1. The second-order valence-corrected chi connectivity index (χ2v) is 5.23. The minimum absolute atomic E-state index is 0.246. The molecule has 19 heavy (non-hydrogen) atoms. The van der Waals surface area contributed by atoms with Gasteiger partial charge in [-0.3, -0.25) is 4.79 Å². The van der Waals surface area contributed by atoms with Crippen molar-refractivity contribution in [3.63, 3.8) is 0 Å². The molecule has 0 aliphatic carbocycles. The Morgan fingerprint density at radius 1 is 1.00 bits per heavy atom. The first-order valence-corrected chi connectivity index (χ1v) is 7.50. The molecule has 104 valence electrons. The van der Waals surface area contributed by atoms with E-state index in [1.807, 2.05) is 18.2 Å². The zero-order chi connectivity index (χ0) is 13.9. The summed E-state index contributed by atoms with van der Waals surface area (Å²) in [6.07, 6.45) is 11.7. The zero-order valence-corrected chi connectivity index (χ0v) is 12.3. The van der Waals surface area contributed by atoms with Crippen LogP contribution in [0.1, 0.15) is 63.0 Å². The van der Waals surface area contributed by atoms with E-state index in [2.05, 4.69) is 26.0 Å². The van der Waals surface area contributed by atoms with Crippen LogP contribution >= 0.6 is 0 Å². The molecular formula is C18H26O. The van der Waals surface area contributed by atoms with Crippen molar-refractivity contribution in [3.8, 4) is 0 Å². The molecule has 0 N–H and O–H groups in total. The van der Waals surface area contributed by atoms with Crippen molar-refractivity contribution in [1.29, 1.82) is 0 Å². The maximum atomic E-state index is 11.7. The van der Waals surface area contributed by atoms with E-state index in [1.54, 1.807) is 6.08 Å². The SMILES string of the molecule is CCCCCCCCC(=O)/C=C\c1ccc(C)cc1. The first-order chi connectivity index (χ1) is 9.22. The Kier molecular flexibility index (Phi) is 7.88. The summed E-state index contributed by atoms with van der Waals surface area (Å²) in [5, 5.41) is 0. The van der Waals surface area contributed by atoms with Crippen LogP contribution in [0.4, 0.5) is 0 Å². The van der Waals surface area contributed by atoms with Crippen molar-refractivity contribution in [2.75, 3.05) is 0 Å². The monoisotopic (exact) mass is 258 g/mol. The molecule has 1 aromatic carbocycles. The van der Waals surface area contributed by atoms with Gasteiger partial charge >= 0.3 is 0 Å². The van der Waals surface area contributed by atoms with Gasteiger partial charge in [0.25, 0.3) is 0 Å². The van der Waals surface area contributed by atoms with Gasteiger partial charge in [0.05, 0.1) is 0 Å². The van der Waals surface area contributed by atoms with Crippen molar-refractivity contribution >= 4 is 11.9 Å². The molecule has 0 atom stereocenters. The fourth-order valence-corrected chi connectivity index (χ4v) is 2.03. The molecule has 1 aromatic rings. The van der Waals surface area contributed by atoms with Crippen LogP contribution in [0.3, 0.4) is 0 Å². The lowest BCUT2D eigenvalue weighted by Crippen LogP contribution is -1.92. The molecule has 1 rings (SSSR count). The molecule has 0 unspecified atom stereocenters. The molecule has 0 fully saturated rings. The van der Waals surface area contributed by atoms with E-state index in [4.69, 9.17) is 0 Å². The van der Waals surface area contributed by atoms with Crippen LogP contribution in [-0.4, -0.2) is 5.78 Å². The van der Waals surface area contributed by atoms with Gasteiger partial charge in [-0.05, 0) is 25.0 Å². The summed E-state index contributed by atoms with van der Waals surface area (Å²) < 4.78 is 0. The highest BCUT2D eigenvalue weighted by molar-refractivity contribution is 5.93. The number of carbonyl (C=O) groups excluding carboxylic acids is 1. The number of benzene rings is 1. The largest absolute Gasteiger partial charge is 0.295 e. The maximum Gasteiger partial charge on any atom is 0.155 e. The van der Waals surface area contributed by atoms with E-state index < -0.39 is 0 Å². The van der Waals surface area contributed by atoms with Gasteiger partial charge in [0.2, 0.25) is 0 Å². The van der Waals surface area contributed by atoms with E-state index in [9.17, 15) is 4.79 Å². The summed E-state index contributed by atoms with van der Waals surface area (Å²) in [6.45, 7) is 4.29. The lowest BCUT2D eigenvalue weighted by atomic mass is 10.1. The number of rotatable bonds is 9. The van der Waals surface area contributed by atoms with Gasteiger partial charge < -0.3 is 0 Å². The van der Waals surface area contributed by atoms with Gasteiger partial charge in [-0.15, -0.1) is 0 Å². The maximum absolute atomic E-state index is 11.7. The van der Waals surface area contributed by atoms with Gasteiger partial charge in [0.15, 0.2) is 5.78 Å². The highest BCUT2D eigenvalue weighted by Crippen LogP contribution is 2.09. The van der Waals surface area contributed by atoms with Crippen LogP contribution in [0.15, 0.2) is 30.3 Å². The molecule has 0 heterocycles. The smallest absolute Gasteiger partial charge is 0.155 e. The van der Waals surface area contributed by atoms with E-state index >= 15 is 0 Å². The molecule has 0 aromatic heterocycles. The predicted molar refractivity (Wildman–Crippen MR) is 83.2 cm³/mol. The van der Waals surface area contributed by atoms with Crippen molar-refractivity contribution in [2.24, 2.45) is 0 Å². The summed E-state index contributed by atoms with van der Waals surface area (Å²) in [7, 11) is 0. The first kappa shape index (κ1) is 15.7. The Labute approximate surface area is 117 Å². The van der Waals surface area contributed by atoms with Crippen LogP contribution in [0.25, 0.3) is 6.08 Å². The third kappa shape index (κ3) is 7.61. The average Bonchev–Trinajstić information content (AvgIpc) is 2.42. The number of ketones is 1. The van der Waals surface area contributed by atoms with Crippen LogP contribution in [0.5, 0.6) is 0 Å². The Hall–Kier alpha value is -1.37. The van der Waals surface area contributed by atoms with E-state index in [0.717, 1.165) is 12.0 Å². The molecule has 0 bridgehead atoms. The summed E-state index contributed by atoms with van der Waals surface area (Å²) in [6, 6.07) is 8.23. The summed E-state index contributed by atoms with van der Waals surface area (Å²) in [5.74, 6) is 0.246. The standard InChI is InChI=1S/C18H26O/c1-3-4-5-6-7-8-9-18(19)15-14-17-12-10-16(2)11-13-17/h10-15H,3-9H2,1-2H3/b15-14-. The first-order valence-electron chi connectivity index (χ1n) is 7.50. The van der Waals surface area contributed by atoms with E-state index in [-0.39, 0.29) is 5.78 Å². The topological polar surface area (TPSA) is 17.1 Å². The van der Waals surface area contributed by atoms with E-state index in [1.165, 1.54) is 37.7 Å². The van der Waals surface area contributed by atoms with Gasteiger partial charge in [0.1, 0.15) is 0 Å². The molecule has 0 radical (unpaired) electrons. The van der Waals surface area contributed by atoms with Crippen LogP contribution in [0.2, 0.25) is 0 Å². The molecule has 0 spiro atoms. The molecule has 0 saturated carbocycles. The lowest BCUT2D eigenvalue weighted by Gasteiger charge is -1.99. The number of carbonyl (C=O) groups is 1. The molecule has 0 amide bonds. The zero-order valence-electron chi connectivity index (χ0n) is 12.3. The molecular weight excluding hydrogens is 232 g/mol. The molecule has 0 saturated heterocycles. The second kappa shape index (κ2) is 9.55. The normalized spacial score (nSPS) is 11.1. The Morgan fingerprint density at radius 2 is 1.63 bits per heavy atom. The number of aryl methyl sites for hydroxylation is 1. The highest BCUT2D eigenvalue weighted by Gasteiger charge is 1.97. The van der Waals surface area contributed by atoms with Gasteiger partial charge in [-0.1, -0.05) is 74.9 Å². The Bertz CT molecular complexity index is 387. The molecule has 0 aliphatic heterocycles. The van der Waals surface area contributed by atoms with Gasteiger partial charge in [-0.2, -0.15) is 0 Å². The number of hydrogen-bond donors (Lipinski definition) is 0. The number of allylic oxidation sites excluding steroid dienone is 1. The molecule has 1 nitrogen and oxygen atoms in total. The predicted octanol–water partition coefficient (Wildman–Crippen LogP) is 5.33. The number of unbranched alkanes of at least 4 members (excludes halogenated alkanes) is 5. The lowest BCUT2D eigenvalue weighted by molar-refractivity contribution is -0.114. The Balaban J connectivity index is 2.18. The van der Waals surface area contributed by atoms with Crippen LogP contribution < -0.4 is 0 Å². The molecule has 1 heteroatoms. The van der Waals surface area contributed by atoms with Crippen LogP contribution in [-0.2, 0) is 4.79 Å². The van der Waals surface area contributed by atoms with E-state index in [0.29, 0.717) is 6.42 Å². The van der Waals surface area contributed by atoms with Gasteiger partial charge in [0, 0.05) is 6.42 Å². The highest BCUT2D eigenvalue weighted by atomic mass is 16.1. The summed E-state index contributed by atoms with van der Waals surface area (Å²) in [4.78, 5) is 11.7. The third-order valence-corrected chi connectivity index (χ3v) is 3.32. The Morgan fingerprint density at radius 3 is 2.32 bits per heavy atom. The van der Waals surface area contributed by atoms with Gasteiger partial charge in [-0.25, -0.2) is 0 Å². The summed E-state index contributed by atoms with van der Waals surface area (Å²) in [5.41, 5.74) is 2.34. The van der Waals surface area contributed by atoms with Crippen molar-refractivity contribution in [1.82, 2.24) is 0 Å². The fraction of sp³-hybridized carbons (Fsp3) is 0.500. The quantitative estimate of drug-likeness (QED) is 0.432. The van der Waals surface area contributed by atoms with Crippen molar-refractivity contribution < 1.29 is 4.79 Å². The molecule has 0 aliphatic rings. The minimum Gasteiger partial charge on any atom is -0.295 e. The van der Waals surface area contributed by atoms with Crippen molar-refractivity contribution in [3.05, 3.63) is 41.5 Å². The second-order valence-electron chi connectivity index (χ2n) is 5.23.